The van der Waals surface area contributed by atoms with Crippen molar-refractivity contribution in [1.29, 1.82) is 0 Å². The molecule has 0 saturated heterocycles. The molecule has 1 atom stereocenters. The molecular formula is C14H18N2O3. The average molecular weight is 262 g/mol. The number of rotatable bonds is 5. The normalized spacial score (nSPS) is 17.9. The second kappa shape index (κ2) is 5.73. The van der Waals surface area contributed by atoms with Gasteiger partial charge in [0.25, 0.3) is 0 Å². The maximum atomic E-state index is 11.4. The van der Waals surface area contributed by atoms with Gasteiger partial charge in [0.15, 0.2) is 0 Å². The van der Waals surface area contributed by atoms with Crippen LogP contribution in [-0.4, -0.2) is 30.1 Å². The van der Waals surface area contributed by atoms with Gasteiger partial charge in [-0.15, -0.1) is 0 Å². The number of primary amides is 1. The van der Waals surface area contributed by atoms with Gasteiger partial charge in [-0.2, -0.15) is 0 Å². The molecule has 1 unspecified atom stereocenters. The topological polar surface area (TPSA) is 83.6 Å². The van der Waals surface area contributed by atoms with Gasteiger partial charge in [-0.25, -0.2) is 0 Å². The number of para-hydroxylation sites is 1. The summed E-state index contributed by atoms with van der Waals surface area (Å²) < 4.78 is 0. The smallest absolute Gasteiger partial charge is 0.303 e. The van der Waals surface area contributed by atoms with Crippen LogP contribution in [0.15, 0.2) is 24.3 Å². The van der Waals surface area contributed by atoms with E-state index in [4.69, 9.17) is 10.8 Å². The summed E-state index contributed by atoms with van der Waals surface area (Å²) in [5, 5.41) is 8.69. The zero-order valence-corrected chi connectivity index (χ0v) is 10.7. The summed E-state index contributed by atoms with van der Waals surface area (Å²) in [5.41, 5.74) is 7.60. The molecule has 3 N–H and O–H groups in total. The van der Waals surface area contributed by atoms with E-state index in [1.54, 1.807) is 0 Å². The molecule has 0 saturated carbocycles. The van der Waals surface area contributed by atoms with Crippen molar-refractivity contribution >= 4 is 17.6 Å². The highest BCUT2D eigenvalue weighted by Gasteiger charge is 2.27. The Morgan fingerprint density at radius 1 is 1.37 bits per heavy atom. The third-order valence-corrected chi connectivity index (χ3v) is 3.46. The van der Waals surface area contributed by atoms with Crippen LogP contribution in [0.4, 0.5) is 5.69 Å². The molecule has 0 aliphatic carbocycles. The number of carboxylic acid groups (broad SMARTS) is 1. The molecule has 1 aliphatic heterocycles. The lowest BCUT2D eigenvalue weighted by atomic mass is 9.92. The quantitative estimate of drug-likeness (QED) is 0.829. The van der Waals surface area contributed by atoms with E-state index in [0.717, 1.165) is 11.3 Å². The van der Waals surface area contributed by atoms with Gasteiger partial charge in [0.05, 0.1) is 5.92 Å². The molecule has 1 heterocycles. The molecule has 1 aromatic rings. The number of benzene rings is 1. The molecule has 0 fully saturated rings. The first kappa shape index (κ1) is 13.4. The van der Waals surface area contributed by atoms with Crippen molar-refractivity contribution in [3.8, 4) is 0 Å². The Morgan fingerprint density at radius 2 is 2.11 bits per heavy atom. The van der Waals surface area contributed by atoms with Crippen molar-refractivity contribution in [1.82, 2.24) is 0 Å². The van der Waals surface area contributed by atoms with E-state index < -0.39 is 5.97 Å². The highest BCUT2D eigenvalue weighted by atomic mass is 16.4. The summed E-state index contributed by atoms with van der Waals surface area (Å²) in [7, 11) is 0. The molecule has 0 bridgehead atoms. The fourth-order valence-electron chi connectivity index (χ4n) is 2.51. The molecule has 1 aliphatic rings. The standard InChI is InChI=1S/C14H18N2O3/c15-14(19)11-8-10-4-1-2-5-12(10)16(9-11)7-3-6-13(17)18/h1-2,4-5,11H,3,6-9H2,(H2,15,19)(H,17,18). The maximum absolute atomic E-state index is 11.4. The molecule has 0 aromatic heterocycles. The summed E-state index contributed by atoms with van der Waals surface area (Å²) in [5.74, 6) is -1.28. The molecule has 1 aromatic carbocycles. The van der Waals surface area contributed by atoms with E-state index >= 15 is 0 Å². The minimum absolute atomic E-state index is 0.139. The van der Waals surface area contributed by atoms with E-state index in [2.05, 4.69) is 4.90 Å². The van der Waals surface area contributed by atoms with E-state index in [-0.39, 0.29) is 18.2 Å². The fourth-order valence-corrected chi connectivity index (χ4v) is 2.51. The second-order valence-corrected chi connectivity index (χ2v) is 4.88. The summed E-state index contributed by atoms with van der Waals surface area (Å²) >= 11 is 0. The first-order valence-electron chi connectivity index (χ1n) is 6.42. The van der Waals surface area contributed by atoms with Gasteiger partial charge in [-0.05, 0) is 24.5 Å². The Kier molecular flexibility index (Phi) is 4.04. The molecular weight excluding hydrogens is 244 g/mol. The van der Waals surface area contributed by atoms with Crippen molar-refractivity contribution in [2.45, 2.75) is 19.3 Å². The molecule has 2 rings (SSSR count). The number of nitrogens with two attached hydrogens (primary N) is 1. The van der Waals surface area contributed by atoms with Gasteiger partial charge >= 0.3 is 5.97 Å². The lowest BCUT2D eigenvalue weighted by Crippen LogP contribution is -2.42. The third-order valence-electron chi connectivity index (χ3n) is 3.46. The summed E-state index contributed by atoms with van der Waals surface area (Å²) in [6, 6.07) is 7.90. The summed E-state index contributed by atoms with van der Waals surface area (Å²) in [4.78, 5) is 24.0. The van der Waals surface area contributed by atoms with Gasteiger partial charge in [0, 0.05) is 25.2 Å². The molecule has 19 heavy (non-hydrogen) atoms. The Morgan fingerprint density at radius 3 is 2.79 bits per heavy atom. The zero-order chi connectivity index (χ0) is 13.8. The lowest BCUT2D eigenvalue weighted by molar-refractivity contribution is -0.137. The Bertz CT molecular complexity index is 487. The van der Waals surface area contributed by atoms with Crippen LogP contribution in [0.25, 0.3) is 0 Å². The Hall–Kier alpha value is -2.04. The summed E-state index contributed by atoms with van der Waals surface area (Å²) in [6.07, 6.45) is 1.37. The van der Waals surface area contributed by atoms with Crippen LogP contribution in [0.2, 0.25) is 0 Å². The minimum atomic E-state index is -0.795. The SMILES string of the molecule is NC(=O)C1Cc2ccccc2N(CCCC(=O)O)C1. The highest BCUT2D eigenvalue weighted by molar-refractivity contribution is 5.79. The number of hydrogen-bond donors (Lipinski definition) is 2. The number of amides is 1. The van der Waals surface area contributed by atoms with E-state index in [0.29, 0.717) is 25.9 Å². The van der Waals surface area contributed by atoms with Crippen LogP contribution >= 0.6 is 0 Å². The predicted molar refractivity (Wildman–Crippen MR) is 71.9 cm³/mol. The molecule has 0 spiro atoms. The number of nitrogens with zero attached hydrogens (tertiary/aromatic N) is 1. The van der Waals surface area contributed by atoms with Crippen molar-refractivity contribution in [2.75, 3.05) is 18.0 Å². The molecule has 5 nitrogen and oxygen atoms in total. The van der Waals surface area contributed by atoms with Crippen LogP contribution in [0.5, 0.6) is 0 Å². The van der Waals surface area contributed by atoms with Gasteiger partial charge in [0.2, 0.25) is 5.91 Å². The molecule has 0 radical (unpaired) electrons. The van der Waals surface area contributed by atoms with Crippen molar-refractivity contribution in [3.63, 3.8) is 0 Å². The Balaban J connectivity index is 2.12. The van der Waals surface area contributed by atoms with Crippen LogP contribution in [-0.2, 0) is 16.0 Å². The van der Waals surface area contributed by atoms with Crippen molar-refractivity contribution < 1.29 is 14.7 Å². The number of carbonyl (C=O) groups excluding carboxylic acids is 1. The lowest BCUT2D eigenvalue weighted by Gasteiger charge is -2.35. The zero-order valence-electron chi connectivity index (χ0n) is 10.7. The van der Waals surface area contributed by atoms with E-state index in [1.807, 2.05) is 24.3 Å². The van der Waals surface area contributed by atoms with E-state index in [1.165, 1.54) is 0 Å². The number of carboxylic acids is 1. The Labute approximate surface area is 112 Å². The number of fused-ring (bicyclic) bond motifs is 1. The predicted octanol–water partition coefficient (Wildman–Crippen LogP) is 1.02. The third kappa shape index (κ3) is 3.24. The van der Waals surface area contributed by atoms with Crippen molar-refractivity contribution in [3.05, 3.63) is 29.8 Å². The number of carbonyl (C=O) groups is 2. The maximum Gasteiger partial charge on any atom is 0.303 e. The first-order valence-corrected chi connectivity index (χ1v) is 6.42. The summed E-state index contributed by atoms with van der Waals surface area (Å²) in [6.45, 7) is 1.21. The monoisotopic (exact) mass is 262 g/mol. The fraction of sp³-hybridized carbons (Fsp3) is 0.429. The largest absolute Gasteiger partial charge is 0.481 e. The van der Waals surface area contributed by atoms with Crippen LogP contribution in [0.3, 0.4) is 0 Å². The van der Waals surface area contributed by atoms with E-state index in [9.17, 15) is 9.59 Å². The van der Waals surface area contributed by atoms with Gasteiger partial charge in [0.1, 0.15) is 0 Å². The molecule has 102 valence electrons. The van der Waals surface area contributed by atoms with Gasteiger partial charge < -0.3 is 15.7 Å². The molecule has 5 heteroatoms. The number of hydrogen-bond acceptors (Lipinski definition) is 3. The first-order chi connectivity index (χ1) is 9.08. The van der Waals surface area contributed by atoms with Gasteiger partial charge in [-0.1, -0.05) is 18.2 Å². The number of anilines is 1. The van der Waals surface area contributed by atoms with Crippen LogP contribution in [0.1, 0.15) is 18.4 Å². The highest BCUT2D eigenvalue weighted by Crippen LogP contribution is 2.29. The number of aliphatic carboxylic acids is 1. The van der Waals surface area contributed by atoms with Crippen molar-refractivity contribution in [2.24, 2.45) is 11.7 Å². The van der Waals surface area contributed by atoms with Crippen LogP contribution in [0, 0.1) is 5.92 Å². The average Bonchev–Trinajstić information content (AvgIpc) is 2.38. The minimum Gasteiger partial charge on any atom is -0.481 e. The van der Waals surface area contributed by atoms with Gasteiger partial charge in [-0.3, -0.25) is 9.59 Å². The van der Waals surface area contributed by atoms with Crippen LogP contribution < -0.4 is 10.6 Å². The molecule has 1 amide bonds. The second-order valence-electron chi connectivity index (χ2n) is 4.88.